The molecular weight excluding hydrogens is 291 g/mol. The molecule has 0 heterocycles. The molecule has 2 nitrogen and oxygen atoms in total. The highest BCUT2D eigenvalue weighted by Gasteiger charge is 2.10. The molecule has 0 saturated heterocycles. The molecular formula is C11H13IO2. The van der Waals surface area contributed by atoms with Crippen molar-refractivity contribution in [3.05, 3.63) is 27.3 Å². The Morgan fingerprint density at radius 3 is 2.71 bits per heavy atom. The second-order valence-electron chi connectivity index (χ2n) is 2.85. The van der Waals surface area contributed by atoms with Gasteiger partial charge in [0.25, 0.3) is 0 Å². The van der Waals surface area contributed by atoms with Crippen molar-refractivity contribution in [1.82, 2.24) is 0 Å². The van der Waals surface area contributed by atoms with Crippen LogP contribution in [0.2, 0.25) is 0 Å². The molecule has 3 heteroatoms. The minimum absolute atomic E-state index is 0.131. The van der Waals surface area contributed by atoms with Crippen molar-refractivity contribution < 1.29 is 9.53 Å². The molecule has 1 aromatic rings. The van der Waals surface area contributed by atoms with E-state index < -0.39 is 0 Å². The monoisotopic (exact) mass is 304 g/mol. The van der Waals surface area contributed by atoms with E-state index >= 15 is 0 Å². The second kappa shape index (κ2) is 5.34. The maximum Gasteiger partial charge on any atom is 0.166 e. The fourth-order valence-electron chi connectivity index (χ4n) is 1.19. The summed E-state index contributed by atoms with van der Waals surface area (Å²) in [6.07, 6.45) is 0.514. The molecule has 0 aromatic heterocycles. The molecule has 0 saturated carbocycles. The van der Waals surface area contributed by atoms with Crippen LogP contribution in [0.4, 0.5) is 0 Å². The number of rotatable bonds is 4. The summed E-state index contributed by atoms with van der Waals surface area (Å²) in [4.78, 5) is 11.6. The van der Waals surface area contributed by atoms with E-state index in [1.165, 1.54) is 0 Å². The Morgan fingerprint density at radius 1 is 1.43 bits per heavy atom. The van der Waals surface area contributed by atoms with Crippen molar-refractivity contribution in [2.45, 2.75) is 20.3 Å². The Labute approximate surface area is 97.8 Å². The highest BCUT2D eigenvalue weighted by molar-refractivity contribution is 14.1. The molecule has 0 fully saturated rings. The van der Waals surface area contributed by atoms with Gasteiger partial charge >= 0.3 is 0 Å². The van der Waals surface area contributed by atoms with E-state index in [1.807, 2.05) is 32.0 Å². The maximum absolute atomic E-state index is 11.6. The zero-order valence-electron chi connectivity index (χ0n) is 8.34. The molecule has 76 valence electrons. The Bertz CT molecular complexity index is 334. The van der Waals surface area contributed by atoms with Gasteiger partial charge in [-0.1, -0.05) is 6.92 Å². The zero-order valence-corrected chi connectivity index (χ0v) is 10.5. The number of benzene rings is 1. The summed E-state index contributed by atoms with van der Waals surface area (Å²) in [5.41, 5.74) is 0.696. The molecule has 1 aromatic carbocycles. The number of ether oxygens (including phenoxy) is 1. The van der Waals surface area contributed by atoms with E-state index in [9.17, 15) is 4.79 Å². The van der Waals surface area contributed by atoms with Crippen molar-refractivity contribution in [2.75, 3.05) is 6.61 Å². The first kappa shape index (κ1) is 11.5. The van der Waals surface area contributed by atoms with Crippen LogP contribution in [-0.4, -0.2) is 12.4 Å². The van der Waals surface area contributed by atoms with Crippen molar-refractivity contribution in [3.8, 4) is 5.75 Å². The van der Waals surface area contributed by atoms with Crippen molar-refractivity contribution in [3.63, 3.8) is 0 Å². The molecule has 0 spiro atoms. The molecule has 0 N–H and O–H groups in total. The van der Waals surface area contributed by atoms with Gasteiger partial charge < -0.3 is 4.74 Å². The Balaban J connectivity index is 3.08. The van der Waals surface area contributed by atoms with Crippen LogP contribution < -0.4 is 4.74 Å². The predicted octanol–water partition coefficient (Wildman–Crippen LogP) is 3.28. The van der Waals surface area contributed by atoms with E-state index in [2.05, 4.69) is 22.6 Å². The average molecular weight is 304 g/mol. The minimum atomic E-state index is 0.131. The van der Waals surface area contributed by atoms with Crippen LogP contribution in [0.5, 0.6) is 5.75 Å². The molecule has 0 amide bonds. The van der Waals surface area contributed by atoms with Crippen LogP contribution in [0.15, 0.2) is 18.2 Å². The van der Waals surface area contributed by atoms with Crippen LogP contribution in [0.1, 0.15) is 30.6 Å². The van der Waals surface area contributed by atoms with Gasteiger partial charge in [0.15, 0.2) is 5.78 Å². The van der Waals surface area contributed by atoms with Crippen molar-refractivity contribution in [1.29, 1.82) is 0 Å². The topological polar surface area (TPSA) is 26.3 Å². The summed E-state index contributed by atoms with van der Waals surface area (Å²) in [5, 5.41) is 0. The number of carbonyl (C=O) groups excluding carboxylic acids is 1. The lowest BCUT2D eigenvalue weighted by molar-refractivity contribution is 0.0984. The second-order valence-corrected chi connectivity index (χ2v) is 4.10. The minimum Gasteiger partial charge on any atom is -0.493 e. The van der Waals surface area contributed by atoms with Gasteiger partial charge in [0.05, 0.1) is 12.2 Å². The quantitative estimate of drug-likeness (QED) is 0.630. The molecule has 0 atom stereocenters. The predicted molar refractivity (Wildman–Crippen MR) is 64.9 cm³/mol. The zero-order chi connectivity index (χ0) is 10.6. The normalized spacial score (nSPS) is 9.93. The van der Waals surface area contributed by atoms with E-state index in [4.69, 9.17) is 4.74 Å². The van der Waals surface area contributed by atoms with Gasteiger partial charge in [0.2, 0.25) is 0 Å². The lowest BCUT2D eigenvalue weighted by atomic mass is 10.1. The summed E-state index contributed by atoms with van der Waals surface area (Å²) in [7, 11) is 0. The van der Waals surface area contributed by atoms with E-state index in [1.54, 1.807) is 0 Å². The first-order valence-electron chi connectivity index (χ1n) is 4.64. The molecule has 0 unspecified atom stereocenters. The number of hydrogen-bond donors (Lipinski definition) is 0. The molecule has 0 aliphatic carbocycles. The SMILES string of the molecule is CCOc1ccc(I)cc1C(=O)CC. The maximum atomic E-state index is 11.6. The van der Waals surface area contributed by atoms with Crippen molar-refractivity contribution >= 4 is 28.4 Å². The molecule has 0 aliphatic rings. The van der Waals surface area contributed by atoms with Crippen LogP contribution >= 0.6 is 22.6 Å². The van der Waals surface area contributed by atoms with Crippen LogP contribution in [0, 0.1) is 3.57 Å². The van der Waals surface area contributed by atoms with Gasteiger partial charge in [-0.2, -0.15) is 0 Å². The fraction of sp³-hybridized carbons (Fsp3) is 0.364. The van der Waals surface area contributed by atoms with Crippen LogP contribution in [-0.2, 0) is 0 Å². The molecule has 14 heavy (non-hydrogen) atoms. The summed E-state index contributed by atoms with van der Waals surface area (Å²) >= 11 is 2.19. The van der Waals surface area contributed by atoms with Gasteiger partial charge in [-0.25, -0.2) is 0 Å². The fourth-order valence-corrected chi connectivity index (χ4v) is 1.68. The highest BCUT2D eigenvalue weighted by atomic mass is 127. The van der Waals surface area contributed by atoms with Gasteiger partial charge in [-0.3, -0.25) is 4.79 Å². The van der Waals surface area contributed by atoms with E-state index in [0.29, 0.717) is 24.3 Å². The standard InChI is InChI=1S/C11H13IO2/c1-3-10(13)9-7-8(12)5-6-11(9)14-4-2/h5-7H,3-4H2,1-2H3. The Hall–Kier alpha value is -0.580. The number of carbonyl (C=O) groups is 1. The van der Waals surface area contributed by atoms with Gasteiger partial charge in [0, 0.05) is 9.99 Å². The lowest BCUT2D eigenvalue weighted by Gasteiger charge is -2.08. The average Bonchev–Trinajstić information content (AvgIpc) is 2.20. The first-order chi connectivity index (χ1) is 6.69. The smallest absolute Gasteiger partial charge is 0.166 e. The molecule has 1 rings (SSSR count). The first-order valence-corrected chi connectivity index (χ1v) is 5.72. The van der Waals surface area contributed by atoms with Gasteiger partial charge in [-0.05, 0) is 47.7 Å². The molecule has 0 aliphatic heterocycles. The third-order valence-corrected chi connectivity index (χ3v) is 2.53. The summed E-state index contributed by atoms with van der Waals surface area (Å²) < 4.78 is 6.45. The van der Waals surface area contributed by atoms with Crippen LogP contribution in [0.25, 0.3) is 0 Å². The summed E-state index contributed by atoms with van der Waals surface area (Å²) in [6.45, 7) is 4.36. The molecule has 0 bridgehead atoms. The third kappa shape index (κ3) is 2.70. The largest absolute Gasteiger partial charge is 0.493 e. The Morgan fingerprint density at radius 2 is 2.14 bits per heavy atom. The number of ketones is 1. The summed E-state index contributed by atoms with van der Waals surface area (Å²) in [5.74, 6) is 0.826. The lowest BCUT2D eigenvalue weighted by Crippen LogP contribution is -2.03. The van der Waals surface area contributed by atoms with Gasteiger partial charge in [0.1, 0.15) is 5.75 Å². The van der Waals surface area contributed by atoms with Crippen LogP contribution in [0.3, 0.4) is 0 Å². The number of Topliss-reactive ketones (excluding diaryl/α,β-unsaturated/α-hetero) is 1. The van der Waals surface area contributed by atoms with Gasteiger partial charge in [-0.15, -0.1) is 0 Å². The van der Waals surface area contributed by atoms with E-state index in [0.717, 1.165) is 3.57 Å². The van der Waals surface area contributed by atoms with E-state index in [-0.39, 0.29) is 5.78 Å². The number of hydrogen-bond acceptors (Lipinski definition) is 2. The molecule has 0 radical (unpaired) electrons. The number of halogens is 1. The third-order valence-electron chi connectivity index (χ3n) is 1.86. The van der Waals surface area contributed by atoms with Crippen molar-refractivity contribution in [2.24, 2.45) is 0 Å². The highest BCUT2D eigenvalue weighted by Crippen LogP contribution is 2.22. The summed E-state index contributed by atoms with van der Waals surface area (Å²) in [6, 6.07) is 5.67. The Kier molecular flexibility index (Phi) is 4.38.